The van der Waals surface area contributed by atoms with E-state index in [1.807, 2.05) is 6.07 Å². The molecule has 89 heavy (non-hydrogen) atoms. The van der Waals surface area contributed by atoms with Gasteiger partial charge < -0.3 is 23.4 Å². The van der Waals surface area contributed by atoms with E-state index < -0.39 is 26.3 Å². The lowest BCUT2D eigenvalue weighted by Crippen LogP contribution is -2.41. The zero-order chi connectivity index (χ0) is 64.5. The number of benzene rings is 5. The first-order valence-corrected chi connectivity index (χ1v) is 33.1. The van der Waals surface area contributed by atoms with Gasteiger partial charge in [0.05, 0.1) is 48.0 Å². The summed E-state index contributed by atoms with van der Waals surface area (Å²) >= 11 is 0. The van der Waals surface area contributed by atoms with E-state index in [1.165, 1.54) is 57.7 Å². The van der Waals surface area contributed by atoms with E-state index in [0.29, 0.717) is 47.3 Å². The number of amides is 2. The molecule has 5 aromatic carbocycles. The second-order valence-corrected chi connectivity index (χ2v) is 30.5. The molecule has 5 aromatic rings. The van der Waals surface area contributed by atoms with Crippen LogP contribution in [0.25, 0.3) is 12.2 Å². The molecule has 1 fully saturated rings. The predicted octanol–water partition coefficient (Wildman–Crippen LogP) is 16.1. The van der Waals surface area contributed by atoms with Gasteiger partial charge >= 0.3 is 6.16 Å². The molecule has 1 saturated heterocycles. The summed E-state index contributed by atoms with van der Waals surface area (Å²) in [5, 5.41) is 0.677. The highest BCUT2D eigenvalue weighted by Crippen LogP contribution is 2.43. The molecule has 0 atom stereocenters. The minimum Gasteiger partial charge on any atom is -0.497 e. The minimum atomic E-state index is -1.74. The number of allylic oxidation sites excluding steroid dienone is 2. The highest BCUT2D eigenvalue weighted by Gasteiger charge is 2.45. The number of carbonyl (C=O) groups is 4. The van der Waals surface area contributed by atoms with Crippen LogP contribution < -0.4 is 14.2 Å². The molecule has 472 valence electrons. The molecule has 0 N–H and O–H groups in total. The third-order valence-corrected chi connectivity index (χ3v) is 22.6. The van der Waals surface area contributed by atoms with Gasteiger partial charge in [0.25, 0.3) is 11.8 Å². The zero-order valence-electron chi connectivity index (χ0n) is 55.1. The van der Waals surface area contributed by atoms with E-state index in [9.17, 15) is 19.2 Å². The quantitative estimate of drug-likeness (QED) is 0.0108. The second-order valence-electron chi connectivity index (χ2n) is 25.7. The molecule has 2 amide bonds. The summed E-state index contributed by atoms with van der Waals surface area (Å²) < 4.78 is 35.0. The molecule has 0 unspecified atom stereocenters. The molecule has 4 heterocycles. The number of aldehydes is 1. The van der Waals surface area contributed by atoms with Crippen LogP contribution in [-0.2, 0) is 52.7 Å². The number of fused-ring (bicyclic) bond motifs is 3. The number of carbonyl (C=O) groups excluding carboxylic acids is 4. The Balaban J connectivity index is 0.000000272. The van der Waals surface area contributed by atoms with Crippen LogP contribution in [0.3, 0.4) is 0 Å². The summed E-state index contributed by atoms with van der Waals surface area (Å²) in [6.45, 7) is 35.0. The number of rotatable bonds is 20. The highest BCUT2D eigenvalue weighted by atomic mass is 127. The largest absolute Gasteiger partial charge is 0.533 e. The first-order chi connectivity index (χ1) is 41.5. The van der Waals surface area contributed by atoms with Crippen molar-refractivity contribution >= 4 is 103 Å². The maximum Gasteiger partial charge on any atom is 0.533 e. The molecular weight excluding hydrogens is 1250 g/mol. The Hall–Kier alpha value is -7.54. The summed E-state index contributed by atoms with van der Waals surface area (Å²) in [5.41, 5.74) is 15.4. The Kier molecular flexibility index (Phi) is 23.3. The van der Waals surface area contributed by atoms with Crippen molar-refractivity contribution in [3.63, 3.8) is 0 Å². The number of halogens is 1. The van der Waals surface area contributed by atoms with Gasteiger partial charge in [0, 0.05) is 79.0 Å². The van der Waals surface area contributed by atoms with Gasteiger partial charge in [-0.2, -0.15) is 9.15 Å². The van der Waals surface area contributed by atoms with Gasteiger partial charge in [-0.15, -0.1) is 24.0 Å². The Morgan fingerprint density at radius 3 is 1.57 bits per heavy atom. The molecule has 0 radical (unpaired) electrons. The van der Waals surface area contributed by atoms with Gasteiger partial charge in [0.2, 0.25) is 17.1 Å². The second kappa shape index (κ2) is 29.4. The van der Waals surface area contributed by atoms with Crippen LogP contribution in [0.5, 0.6) is 17.2 Å². The maximum atomic E-state index is 12.3. The number of imide groups is 1. The average molecular weight is 1340 g/mol. The fourth-order valence-corrected chi connectivity index (χ4v) is 12.8. The molecule has 0 saturated carbocycles. The van der Waals surface area contributed by atoms with Crippen molar-refractivity contribution in [2.75, 3.05) is 41.5 Å². The molecule has 16 heteroatoms. The maximum absolute atomic E-state index is 12.3. The van der Waals surface area contributed by atoms with Gasteiger partial charge in [0.15, 0.2) is 31.7 Å². The Bertz CT molecular complexity index is 3660. The van der Waals surface area contributed by atoms with Gasteiger partial charge in [-0.3, -0.25) is 19.2 Å². The number of hydrogen-bond acceptors (Lipinski definition) is 10. The van der Waals surface area contributed by atoms with Gasteiger partial charge in [-0.1, -0.05) is 93.6 Å². The summed E-state index contributed by atoms with van der Waals surface area (Å²) in [7, 11) is 6.18. The lowest BCUT2D eigenvalue weighted by molar-refractivity contribution is -0.403. The standard InChI is InChI=1S/C42H45N3O6.C19H30O4Si.C12H16N.HI/c1-8-49-39-29(14-13-25-50-40(48)51-45-37(46)23-24-38(45)47)26-28(19-21-35-41(2,3)31-15-9-11-17-33(31)43(35)6)27-30(39)20-22-36-42(4,5)32-16-10-12-18-34(32)44(36)7;1-8-22-18-15(12-17(21-5)13-16(18)14-20)10-9-11-23-24(6,7)19(2,3)4;1-9-12(2,3)10-7-5-6-8-11(10)13(9)4;/h8-12,15-22,26-27H,1,13-14,23-25H2,2-7H3;8,12-14H,1,9-11H2,2-7H3;5-8H,1-4H3;1H/q+2;;+1;/b21-19+,22-20+;;;. The van der Waals surface area contributed by atoms with E-state index >= 15 is 0 Å². The number of para-hydroxylation sites is 3. The van der Waals surface area contributed by atoms with Crippen LogP contribution in [0.2, 0.25) is 18.1 Å². The van der Waals surface area contributed by atoms with E-state index in [0.717, 1.165) is 47.1 Å². The molecule has 9 rings (SSSR count). The van der Waals surface area contributed by atoms with Crippen LogP contribution in [0.1, 0.15) is 144 Å². The van der Waals surface area contributed by atoms with Crippen LogP contribution >= 0.6 is 24.0 Å². The van der Waals surface area contributed by atoms with Crippen LogP contribution in [0.15, 0.2) is 135 Å². The zero-order valence-corrected chi connectivity index (χ0v) is 58.5. The van der Waals surface area contributed by atoms with Crippen molar-refractivity contribution in [3.8, 4) is 17.2 Å². The normalized spacial score (nSPS) is 16.0. The number of nitrogens with zero attached hydrogens (tertiary/aromatic N) is 4. The van der Waals surface area contributed by atoms with Crippen molar-refractivity contribution in [2.45, 2.75) is 142 Å². The SMILES string of the molecule is C=COc1c(/C=C/C2=[N+](C)c3ccccc3C2(C)C)cc(/C=C/C2=[N+](C)c3ccccc3C2(C)C)cc1CCCOC(=O)ON1C(=O)CCC1=O.C=COc1c(C=O)cc(OC)cc1CCCO[Si](C)(C)C(C)(C)C.CC1=[N+](C)c2ccccc2C1(C)C.I. The Morgan fingerprint density at radius 1 is 0.640 bits per heavy atom. The van der Waals surface area contributed by atoms with Crippen LogP contribution in [-0.4, -0.2) is 110 Å². The molecule has 0 spiro atoms. The Morgan fingerprint density at radius 2 is 1.10 bits per heavy atom. The number of hydroxylamine groups is 2. The molecule has 14 nitrogen and oxygen atoms in total. The summed E-state index contributed by atoms with van der Waals surface area (Å²) in [6, 6.07) is 33.3. The molecule has 0 bridgehead atoms. The van der Waals surface area contributed by atoms with Gasteiger partial charge in [0.1, 0.15) is 38.4 Å². The van der Waals surface area contributed by atoms with Crippen molar-refractivity contribution in [3.05, 3.63) is 179 Å². The molecular formula is C73H92IN4O10Si+3. The predicted molar refractivity (Wildman–Crippen MR) is 370 cm³/mol. The molecule has 4 aliphatic rings. The van der Waals surface area contributed by atoms with Crippen molar-refractivity contribution < 1.29 is 61.1 Å². The lowest BCUT2D eigenvalue weighted by Gasteiger charge is -2.36. The molecule has 4 aliphatic heterocycles. The monoisotopic (exact) mass is 1340 g/mol. The first kappa shape index (κ1) is 70.5. The van der Waals surface area contributed by atoms with Crippen molar-refractivity contribution in [1.29, 1.82) is 0 Å². The van der Waals surface area contributed by atoms with Crippen molar-refractivity contribution in [1.82, 2.24) is 5.06 Å². The van der Waals surface area contributed by atoms with Gasteiger partial charge in [-0.05, 0) is 138 Å². The first-order valence-electron chi connectivity index (χ1n) is 30.2. The summed E-state index contributed by atoms with van der Waals surface area (Å²) in [4.78, 5) is 52.1. The number of aryl methyl sites for hydroxylation is 2. The third kappa shape index (κ3) is 15.6. The minimum absolute atomic E-state index is 0. The van der Waals surface area contributed by atoms with Crippen LogP contribution in [0, 0.1) is 0 Å². The van der Waals surface area contributed by atoms with E-state index in [4.69, 9.17) is 28.2 Å². The third-order valence-electron chi connectivity index (χ3n) is 18.1. The highest BCUT2D eigenvalue weighted by molar-refractivity contribution is 14.0. The van der Waals surface area contributed by atoms with Crippen molar-refractivity contribution in [2.24, 2.45) is 0 Å². The number of ether oxygens (including phenoxy) is 4. The van der Waals surface area contributed by atoms with E-state index in [1.54, 1.807) is 13.2 Å². The van der Waals surface area contributed by atoms with Crippen LogP contribution in [0.4, 0.5) is 21.9 Å². The average Bonchev–Trinajstić information content (AvgIpc) is 2.10. The summed E-state index contributed by atoms with van der Waals surface area (Å²) in [5.74, 6) is 0.736. The molecule has 0 aliphatic carbocycles. The summed E-state index contributed by atoms with van der Waals surface area (Å²) in [6.07, 6.45) is 13.6. The Labute approximate surface area is 546 Å². The lowest BCUT2D eigenvalue weighted by atomic mass is 9.81. The number of hydrogen-bond donors (Lipinski definition) is 0. The van der Waals surface area contributed by atoms with Gasteiger partial charge in [-0.25, -0.2) is 9.37 Å². The van der Waals surface area contributed by atoms with E-state index in [2.05, 4.69) is 240 Å². The molecule has 0 aromatic heterocycles. The fourth-order valence-electron chi connectivity index (χ4n) is 11.7. The smallest absolute Gasteiger partial charge is 0.497 e. The van der Waals surface area contributed by atoms with E-state index in [-0.39, 0.29) is 64.7 Å². The topological polar surface area (TPSA) is 136 Å². The number of methoxy groups -OCH3 is 1. The fraction of sp³-hybridized carbons (Fsp3) is 0.384.